The number of carbonyl (C=O) groups excluding carboxylic acids is 2. The highest BCUT2D eigenvalue weighted by atomic mass is 16.5. The van der Waals surface area contributed by atoms with Crippen molar-refractivity contribution in [2.75, 3.05) is 32.1 Å². The molecule has 1 saturated heterocycles. The summed E-state index contributed by atoms with van der Waals surface area (Å²) < 4.78 is 5.51. The van der Waals surface area contributed by atoms with Gasteiger partial charge in [-0.2, -0.15) is 0 Å². The second kappa shape index (κ2) is 8.53. The Kier molecular flexibility index (Phi) is 5.67. The molecule has 7 nitrogen and oxygen atoms in total. The second-order valence-electron chi connectivity index (χ2n) is 7.41. The maximum Gasteiger partial charge on any atom is 0.319 e. The van der Waals surface area contributed by atoms with Crippen molar-refractivity contribution in [2.45, 2.75) is 24.9 Å². The molecule has 1 unspecified atom stereocenters. The van der Waals surface area contributed by atoms with E-state index in [4.69, 9.17) is 4.74 Å². The number of amides is 3. The molecule has 1 aliphatic heterocycles. The van der Waals surface area contributed by atoms with Gasteiger partial charge in [0.15, 0.2) is 0 Å². The van der Waals surface area contributed by atoms with Crippen LogP contribution in [0.5, 0.6) is 5.75 Å². The molecule has 3 amide bonds. The van der Waals surface area contributed by atoms with E-state index < -0.39 is 0 Å². The van der Waals surface area contributed by atoms with Crippen molar-refractivity contribution in [1.29, 1.82) is 0 Å². The quantitative estimate of drug-likeness (QED) is 0.728. The maximum absolute atomic E-state index is 13.3. The Bertz CT molecular complexity index is 897. The highest BCUT2D eigenvalue weighted by Gasteiger charge is 2.30. The van der Waals surface area contributed by atoms with E-state index in [1.165, 1.54) is 0 Å². The number of hydrogen-bond acceptors (Lipinski definition) is 4. The van der Waals surface area contributed by atoms with Crippen molar-refractivity contribution in [3.63, 3.8) is 0 Å². The van der Waals surface area contributed by atoms with Gasteiger partial charge >= 0.3 is 6.03 Å². The van der Waals surface area contributed by atoms with Crippen molar-refractivity contribution < 1.29 is 14.3 Å². The molecular weight excluding hydrogens is 368 g/mol. The zero-order chi connectivity index (χ0) is 20.2. The average molecular weight is 394 g/mol. The first-order valence-corrected chi connectivity index (χ1v) is 9.98. The van der Waals surface area contributed by atoms with E-state index in [0.717, 1.165) is 30.7 Å². The zero-order valence-corrected chi connectivity index (χ0v) is 16.5. The summed E-state index contributed by atoms with van der Waals surface area (Å²) in [5.41, 5.74) is 2.14. The third-order valence-electron chi connectivity index (χ3n) is 5.28. The lowest BCUT2D eigenvalue weighted by Crippen LogP contribution is -2.48. The molecule has 1 atom stereocenters. The molecule has 0 spiro atoms. The standard InChI is InChI=1S/C22H26N4O3/c1-29-20-8-3-2-7-18(20)19-14-23-11-12-26(19)21(27)15-5-4-6-17(13-15)25-22(28)24-16-9-10-16/h2-8,13,16,19,23H,9-12,14H2,1H3,(H2,24,25,28). The van der Waals surface area contributed by atoms with Crippen LogP contribution in [0.1, 0.15) is 34.8 Å². The van der Waals surface area contributed by atoms with Crippen molar-refractivity contribution in [3.8, 4) is 5.75 Å². The predicted molar refractivity (Wildman–Crippen MR) is 111 cm³/mol. The van der Waals surface area contributed by atoms with Gasteiger partial charge in [-0.3, -0.25) is 4.79 Å². The summed E-state index contributed by atoms with van der Waals surface area (Å²) in [6.45, 7) is 1.99. The Morgan fingerprint density at radius 2 is 1.97 bits per heavy atom. The largest absolute Gasteiger partial charge is 0.496 e. The number of nitrogens with zero attached hydrogens (tertiary/aromatic N) is 1. The van der Waals surface area contributed by atoms with E-state index >= 15 is 0 Å². The number of rotatable bonds is 5. The molecule has 2 aromatic rings. The van der Waals surface area contributed by atoms with Gasteiger partial charge in [-0.15, -0.1) is 0 Å². The molecule has 4 rings (SSSR count). The van der Waals surface area contributed by atoms with Crippen molar-refractivity contribution in [2.24, 2.45) is 0 Å². The van der Waals surface area contributed by atoms with Crippen LogP contribution in [0.15, 0.2) is 48.5 Å². The maximum atomic E-state index is 13.3. The summed E-state index contributed by atoms with van der Waals surface area (Å²) in [4.78, 5) is 27.2. The molecule has 0 bridgehead atoms. The van der Waals surface area contributed by atoms with Crippen molar-refractivity contribution in [3.05, 3.63) is 59.7 Å². The van der Waals surface area contributed by atoms with Gasteiger partial charge in [0.2, 0.25) is 0 Å². The molecule has 3 N–H and O–H groups in total. The van der Waals surface area contributed by atoms with Crippen LogP contribution in [-0.2, 0) is 0 Å². The number of piperazine rings is 1. The van der Waals surface area contributed by atoms with Crippen molar-refractivity contribution in [1.82, 2.24) is 15.5 Å². The van der Waals surface area contributed by atoms with Crippen LogP contribution in [0.3, 0.4) is 0 Å². The third-order valence-corrected chi connectivity index (χ3v) is 5.28. The van der Waals surface area contributed by atoms with Crippen LogP contribution in [0, 0.1) is 0 Å². The molecule has 0 aromatic heterocycles. The molecule has 1 heterocycles. The fourth-order valence-electron chi connectivity index (χ4n) is 3.64. The van der Waals surface area contributed by atoms with E-state index in [1.807, 2.05) is 29.2 Å². The van der Waals surface area contributed by atoms with Gasteiger partial charge in [-0.1, -0.05) is 24.3 Å². The highest BCUT2D eigenvalue weighted by Crippen LogP contribution is 2.31. The molecule has 2 aliphatic rings. The Labute approximate surface area is 170 Å². The summed E-state index contributed by atoms with van der Waals surface area (Å²) in [6, 6.07) is 14.8. The fraction of sp³-hybridized carbons (Fsp3) is 0.364. The van der Waals surface area contributed by atoms with Gasteiger partial charge < -0.3 is 25.6 Å². The lowest BCUT2D eigenvalue weighted by Gasteiger charge is -2.37. The minimum Gasteiger partial charge on any atom is -0.496 e. The van der Waals surface area contributed by atoms with Gasteiger partial charge in [0, 0.05) is 42.5 Å². The zero-order valence-electron chi connectivity index (χ0n) is 16.5. The Morgan fingerprint density at radius 3 is 2.76 bits per heavy atom. The van der Waals surface area contributed by atoms with E-state index in [0.29, 0.717) is 24.3 Å². The summed E-state index contributed by atoms with van der Waals surface area (Å²) >= 11 is 0. The van der Waals surface area contributed by atoms with Crippen LogP contribution in [-0.4, -0.2) is 49.6 Å². The molecule has 29 heavy (non-hydrogen) atoms. The number of carbonyl (C=O) groups is 2. The van der Waals surface area contributed by atoms with E-state index in [-0.39, 0.29) is 24.0 Å². The molecule has 1 saturated carbocycles. The van der Waals surface area contributed by atoms with Gasteiger partial charge in [-0.25, -0.2) is 4.79 Å². The number of urea groups is 1. The van der Waals surface area contributed by atoms with Crippen LogP contribution in [0.25, 0.3) is 0 Å². The summed E-state index contributed by atoms with van der Waals surface area (Å²) in [5, 5.41) is 9.08. The topological polar surface area (TPSA) is 82.7 Å². The first-order chi connectivity index (χ1) is 14.2. The number of benzene rings is 2. The number of anilines is 1. The minimum atomic E-state index is -0.230. The molecule has 7 heteroatoms. The molecule has 1 aliphatic carbocycles. The Morgan fingerprint density at radius 1 is 1.14 bits per heavy atom. The van der Waals surface area contributed by atoms with Crippen LogP contribution >= 0.6 is 0 Å². The first kappa shape index (κ1) is 19.3. The highest BCUT2D eigenvalue weighted by molar-refractivity contribution is 5.97. The van der Waals surface area contributed by atoms with Gasteiger partial charge in [-0.05, 0) is 37.1 Å². The van der Waals surface area contributed by atoms with E-state index in [1.54, 1.807) is 31.4 Å². The third kappa shape index (κ3) is 4.51. The summed E-state index contributed by atoms with van der Waals surface area (Å²) in [7, 11) is 1.64. The van der Waals surface area contributed by atoms with E-state index in [9.17, 15) is 9.59 Å². The lowest BCUT2D eigenvalue weighted by atomic mass is 10.0. The van der Waals surface area contributed by atoms with E-state index in [2.05, 4.69) is 16.0 Å². The van der Waals surface area contributed by atoms with Crippen molar-refractivity contribution >= 4 is 17.6 Å². The fourth-order valence-corrected chi connectivity index (χ4v) is 3.64. The Hall–Kier alpha value is -3.06. The smallest absolute Gasteiger partial charge is 0.319 e. The van der Waals surface area contributed by atoms with Crippen LogP contribution < -0.4 is 20.7 Å². The average Bonchev–Trinajstić information content (AvgIpc) is 3.57. The second-order valence-corrected chi connectivity index (χ2v) is 7.41. The lowest BCUT2D eigenvalue weighted by molar-refractivity contribution is 0.0631. The monoisotopic (exact) mass is 394 g/mol. The Balaban J connectivity index is 1.53. The normalized spacial score (nSPS) is 18.8. The van der Waals surface area contributed by atoms with Gasteiger partial charge in [0.25, 0.3) is 5.91 Å². The predicted octanol–water partition coefficient (Wildman–Crippen LogP) is 2.77. The number of methoxy groups -OCH3 is 1. The molecular formula is C22H26N4O3. The van der Waals surface area contributed by atoms with Crippen LogP contribution in [0.4, 0.5) is 10.5 Å². The number of para-hydroxylation sites is 1. The molecule has 0 radical (unpaired) electrons. The number of ether oxygens (including phenoxy) is 1. The summed E-state index contributed by atoms with van der Waals surface area (Å²) in [5.74, 6) is 0.708. The summed E-state index contributed by atoms with van der Waals surface area (Å²) in [6.07, 6.45) is 2.05. The van der Waals surface area contributed by atoms with Gasteiger partial charge in [0.1, 0.15) is 5.75 Å². The number of nitrogens with one attached hydrogen (secondary N) is 3. The minimum absolute atomic E-state index is 0.0614. The van der Waals surface area contributed by atoms with Crippen LogP contribution in [0.2, 0.25) is 0 Å². The number of hydrogen-bond donors (Lipinski definition) is 3. The molecule has 2 fully saturated rings. The molecule has 152 valence electrons. The molecule has 2 aromatic carbocycles. The first-order valence-electron chi connectivity index (χ1n) is 9.98. The van der Waals surface area contributed by atoms with Gasteiger partial charge in [0.05, 0.1) is 13.2 Å². The SMILES string of the molecule is COc1ccccc1C1CNCCN1C(=O)c1cccc(NC(=O)NC2CC2)c1.